The molecule has 0 radical (unpaired) electrons. The standard InChI is InChI=1S/C14H23N3O.C2HF3O2/c1-18-14-10-16(8-12-4-2-3-5-12)9-13-6-7-15-17(13)11-14;3-2(4,5)1(6)7/h6-7,12,14H,2-5,8-11H2,1H3;(H,6,7). The van der Waals surface area contributed by atoms with E-state index in [1.165, 1.54) is 37.9 Å². The Balaban J connectivity index is 0.000000277. The van der Waals surface area contributed by atoms with Crippen LogP contribution in [0.5, 0.6) is 0 Å². The maximum atomic E-state index is 10.6. The Labute approximate surface area is 144 Å². The molecule has 0 bridgehead atoms. The highest BCUT2D eigenvalue weighted by atomic mass is 19.4. The summed E-state index contributed by atoms with van der Waals surface area (Å²) in [4.78, 5) is 11.5. The van der Waals surface area contributed by atoms with Gasteiger partial charge in [-0.1, -0.05) is 12.8 Å². The van der Waals surface area contributed by atoms with Crippen LogP contribution in [0.1, 0.15) is 31.4 Å². The number of halogens is 3. The van der Waals surface area contributed by atoms with E-state index in [1.807, 2.05) is 13.3 Å². The summed E-state index contributed by atoms with van der Waals surface area (Å²) >= 11 is 0. The number of ether oxygens (including phenoxy) is 1. The monoisotopic (exact) mass is 363 g/mol. The number of aromatic nitrogens is 2. The summed E-state index contributed by atoms with van der Waals surface area (Å²) in [5, 5.41) is 11.5. The Morgan fingerprint density at radius 3 is 2.56 bits per heavy atom. The molecule has 3 rings (SSSR count). The van der Waals surface area contributed by atoms with E-state index in [9.17, 15) is 13.2 Å². The molecule has 0 amide bonds. The third kappa shape index (κ3) is 6.00. The molecule has 1 aliphatic carbocycles. The Kier molecular flexibility index (Phi) is 6.83. The molecule has 0 aromatic carbocycles. The molecule has 1 aromatic heterocycles. The molecule has 142 valence electrons. The lowest BCUT2D eigenvalue weighted by Crippen LogP contribution is -2.35. The lowest BCUT2D eigenvalue weighted by molar-refractivity contribution is -0.192. The first-order valence-electron chi connectivity index (χ1n) is 8.35. The highest BCUT2D eigenvalue weighted by Crippen LogP contribution is 2.26. The van der Waals surface area contributed by atoms with E-state index in [4.69, 9.17) is 14.6 Å². The van der Waals surface area contributed by atoms with E-state index in [-0.39, 0.29) is 6.10 Å². The number of nitrogens with zero attached hydrogens (tertiary/aromatic N) is 3. The molecule has 1 atom stereocenters. The van der Waals surface area contributed by atoms with Crippen molar-refractivity contribution in [1.82, 2.24) is 14.7 Å². The molecule has 0 saturated heterocycles. The van der Waals surface area contributed by atoms with Crippen LogP contribution in [-0.2, 0) is 22.6 Å². The fourth-order valence-electron chi connectivity index (χ4n) is 3.34. The molecule has 1 aromatic rings. The van der Waals surface area contributed by atoms with Gasteiger partial charge >= 0.3 is 12.1 Å². The molecule has 1 unspecified atom stereocenters. The molecular formula is C16H24F3N3O3. The van der Waals surface area contributed by atoms with E-state index in [0.29, 0.717) is 0 Å². The molecule has 2 heterocycles. The first-order chi connectivity index (χ1) is 11.8. The number of rotatable bonds is 3. The molecule has 9 heteroatoms. The van der Waals surface area contributed by atoms with Gasteiger partial charge in [-0.3, -0.25) is 9.58 Å². The predicted molar refractivity (Wildman–Crippen MR) is 83.9 cm³/mol. The van der Waals surface area contributed by atoms with Crippen LogP contribution >= 0.6 is 0 Å². The zero-order chi connectivity index (χ0) is 18.4. The second-order valence-corrected chi connectivity index (χ2v) is 6.51. The van der Waals surface area contributed by atoms with Crippen molar-refractivity contribution in [3.63, 3.8) is 0 Å². The Morgan fingerprint density at radius 1 is 1.36 bits per heavy atom. The van der Waals surface area contributed by atoms with Crippen molar-refractivity contribution in [1.29, 1.82) is 0 Å². The summed E-state index contributed by atoms with van der Waals surface area (Å²) in [5.41, 5.74) is 1.33. The number of hydrogen-bond acceptors (Lipinski definition) is 4. The van der Waals surface area contributed by atoms with Crippen LogP contribution in [0.4, 0.5) is 13.2 Å². The van der Waals surface area contributed by atoms with Gasteiger partial charge in [0.25, 0.3) is 0 Å². The second kappa shape index (κ2) is 8.66. The number of carboxylic acid groups (broad SMARTS) is 1. The minimum Gasteiger partial charge on any atom is -0.475 e. The van der Waals surface area contributed by atoms with E-state index >= 15 is 0 Å². The topological polar surface area (TPSA) is 67.6 Å². The van der Waals surface area contributed by atoms with Crippen LogP contribution in [0.2, 0.25) is 0 Å². The smallest absolute Gasteiger partial charge is 0.475 e. The van der Waals surface area contributed by atoms with Gasteiger partial charge in [-0.05, 0) is 24.8 Å². The zero-order valence-electron chi connectivity index (χ0n) is 14.2. The van der Waals surface area contributed by atoms with E-state index in [0.717, 1.165) is 25.6 Å². The fraction of sp³-hybridized carbons (Fsp3) is 0.750. The number of hydrogen-bond donors (Lipinski definition) is 1. The zero-order valence-corrected chi connectivity index (χ0v) is 14.2. The lowest BCUT2D eigenvalue weighted by atomic mass is 10.1. The summed E-state index contributed by atoms with van der Waals surface area (Å²) in [5.74, 6) is -1.86. The van der Waals surface area contributed by atoms with Gasteiger partial charge in [0.05, 0.1) is 18.3 Å². The summed E-state index contributed by atoms with van der Waals surface area (Å²) in [6, 6.07) is 2.14. The van der Waals surface area contributed by atoms with Crippen LogP contribution in [-0.4, -0.2) is 58.2 Å². The molecule has 0 spiro atoms. The van der Waals surface area contributed by atoms with Gasteiger partial charge in [0, 0.05) is 32.9 Å². The summed E-state index contributed by atoms with van der Waals surface area (Å²) in [6.45, 7) is 4.18. The maximum absolute atomic E-state index is 10.6. The molecular weight excluding hydrogens is 339 g/mol. The van der Waals surface area contributed by atoms with Gasteiger partial charge in [-0.2, -0.15) is 18.3 Å². The van der Waals surface area contributed by atoms with E-state index in [1.54, 1.807) is 0 Å². The van der Waals surface area contributed by atoms with Gasteiger partial charge < -0.3 is 9.84 Å². The highest BCUT2D eigenvalue weighted by Gasteiger charge is 2.38. The minimum atomic E-state index is -5.08. The Hall–Kier alpha value is -1.61. The summed E-state index contributed by atoms with van der Waals surface area (Å²) < 4.78 is 39.4. The summed E-state index contributed by atoms with van der Waals surface area (Å²) in [7, 11) is 1.81. The lowest BCUT2D eigenvalue weighted by Gasteiger charge is -2.25. The van der Waals surface area contributed by atoms with Gasteiger partial charge in [-0.15, -0.1) is 0 Å². The van der Waals surface area contributed by atoms with Crippen molar-refractivity contribution >= 4 is 5.97 Å². The molecule has 1 saturated carbocycles. The fourth-order valence-corrected chi connectivity index (χ4v) is 3.34. The van der Waals surface area contributed by atoms with Gasteiger partial charge in [0.15, 0.2) is 0 Å². The Bertz CT molecular complexity index is 556. The molecule has 1 fully saturated rings. The first kappa shape index (κ1) is 19.7. The number of methoxy groups -OCH3 is 1. The first-order valence-corrected chi connectivity index (χ1v) is 8.35. The number of carboxylic acids is 1. The van der Waals surface area contributed by atoms with Gasteiger partial charge in [0.2, 0.25) is 0 Å². The quantitative estimate of drug-likeness (QED) is 0.894. The van der Waals surface area contributed by atoms with Crippen LogP contribution in [0.15, 0.2) is 12.3 Å². The number of fused-ring (bicyclic) bond motifs is 1. The SMILES string of the molecule is COC1CN(CC2CCCC2)Cc2ccnn2C1.O=C(O)C(F)(F)F. The van der Waals surface area contributed by atoms with Crippen molar-refractivity contribution in [3.8, 4) is 0 Å². The molecule has 2 aliphatic rings. The van der Waals surface area contributed by atoms with Gasteiger partial charge in [0.1, 0.15) is 0 Å². The van der Waals surface area contributed by atoms with Crippen LogP contribution in [0.25, 0.3) is 0 Å². The maximum Gasteiger partial charge on any atom is 0.490 e. The molecule has 25 heavy (non-hydrogen) atoms. The van der Waals surface area contributed by atoms with E-state index < -0.39 is 12.1 Å². The second-order valence-electron chi connectivity index (χ2n) is 6.51. The van der Waals surface area contributed by atoms with Crippen molar-refractivity contribution < 1.29 is 27.8 Å². The number of aliphatic carboxylic acids is 1. The predicted octanol–water partition coefficient (Wildman–Crippen LogP) is 2.54. The third-order valence-corrected chi connectivity index (χ3v) is 4.60. The van der Waals surface area contributed by atoms with Crippen molar-refractivity contribution in [3.05, 3.63) is 18.0 Å². The van der Waals surface area contributed by atoms with Crippen molar-refractivity contribution in [2.75, 3.05) is 20.2 Å². The molecule has 1 aliphatic heterocycles. The number of carbonyl (C=O) groups is 1. The average Bonchev–Trinajstić information content (AvgIpc) is 3.16. The van der Waals surface area contributed by atoms with Crippen LogP contribution < -0.4 is 0 Å². The van der Waals surface area contributed by atoms with Crippen LogP contribution in [0.3, 0.4) is 0 Å². The van der Waals surface area contributed by atoms with Crippen LogP contribution in [0, 0.1) is 5.92 Å². The van der Waals surface area contributed by atoms with Crippen molar-refractivity contribution in [2.45, 2.75) is 51.1 Å². The van der Waals surface area contributed by atoms with Crippen molar-refractivity contribution in [2.24, 2.45) is 5.92 Å². The molecule has 6 nitrogen and oxygen atoms in total. The number of alkyl halides is 3. The molecule has 1 N–H and O–H groups in total. The minimum absolute atomic E-state index is 0.271. The highest BCUT2D eigenvalue weighted by molar-refractivity contribution is 5.73. The average molecular weight is 363 g/mol. The van der Waals surface area contributed by atoms with Gasteiger partial charge in [-0.25, -0.2) is 4.79 Å². The third-order valence-electron chi connectivity index (χ3n) is 4.60. The van der Waals surface area contributed by atoms with E-state index in [2.05, 4.69) is 20.7 Å². The largest absolute Gasteiger partial charge is 0.490 e. The summed E-state index contributed by atoms with van der Waals surface area (Å²) in [6.07, 6.45) is 2.75. The Morgan fingerprint density at radius 2 is 2.00 bits per heavy atom. The normalized spacial score (nSPS) is 22.0.